The van der Waals surface area contributed by atoms with Gasteiger partial charge in [-0.1, -0.05) is 133 Å². The number of H-pyrrole nitrogens is 1. The second-order valence-corrected chi connectivity index (χ2v) is 25.0. The Morgan fingerprint density at radius 2 is 0.990 bits per heavy atom. The number of aryl methyl sites for hydroxylation is 2. The highest BCUT2D eigenvalue weighted by Gasteiger charge is 2.37. The molecule has 12 atom stereocenters. The van der Waals surface area contributed by atoms with Gasteiger partial charge in [0.15, 0.2) is 0 Å². The van der Waals surface area contributed by atoms with E-state index >= 15 is 0 Å². The highest BCUT2D eigenvalue weighted by Crippen LogP contribution is 2.25. The number of aliphatic hydroxyl groups excluding tert-OH is 3. The van der Waals surface area contributed by atoms with E-state index in [1.807, 2.05) is 74.5 Å². The van der Waals surface area contributed by atoms with Crippen LogP contribution < -0.4 is 64.6 Å². The molecule has 1 heterocycles. The standard InChI is InChI=1S/C72H88N14O18/c1-38-12-11-16-48(28-38)46-22-18-44(19-23-46)29-53(63(74)95)80-67(99)54(31-45-20-24-47(25-21-45)50-17-10-9-13-39(50)2)81-68(100)56(33-60(93)94)82-70(102)57(36-87)84-72(104)62(42(5)89)86-69(101)55(30-43-14-7-6-8-15-43)83-71(103)61(41(4)88)85-58(90)35-76-66(98)52(26-27-59(91)92)79-64(96)40(3)78-65(97)51(73)32-49-34-75-37-77-49/h6-25,28,34,37,40-42,51-57,61-62,87-89H,26-27,29-33,35-36,73H2,1-5H3,(H2,74,95)(H,75,77)(H,76,98)(H,78,97)(H,79,96)(H,80,99)(H,81,100)(H,82,102)(H,83,103)(H,84,104)(H,85,90)(H,86,101)(H,91,92)(H,93,94)/t40-,41+,42+,51-,52-,53-,54-,55-,56-,57-,61-,62-/m0/s1. The lowest BCUT2D eigenvalue weighted by atomic mass is 9.97. The molecular weight excluding hydrogens is 1350 g/mol. The molecule has 0 saturated carbocycles. The lowest BCUT2D eigenvalue weighted by Crippen LogP contribution is -2.63. The van der Waals surface area contributed by atoms with Gasteiger partial charge in [-0.3, -0.25) is 62.3 Å². The average Bonchev–Trinajstić information content (AvgIpc) is 0.943. The fraction of sp³-hybridized carbons (Fsp3) is 0.361. The number of aromatic nitrogens is 2. The van der Waals surface area contributed by atoms with Crippen molar-refractivity contribution in [1.29, 1.82) is 0 Å². The maximum absolute atomic E-state index is 14.4. The van der Waals surface area contributed by atoms with Gasteiger partial charge in [0.05, 0.1) is 49.8 Å². The zero-order valence-electron chi connectivity index (χ0n) is 57.7. The molecule has 32 nitrogen and oxygen atoms in total. The number of nitrogens with one attached hydrogen (secondary N) is 11. The molecule has 5 aromatic carbocycles. The molecule has 6 rings (SSSR count). The van der Waals surface area contributed by atoms with Crippen molar-refractivity contribution in [3.8, 4) is 22.3 Å². The van der Waals surface area contributed by atoms with Crippen LogP contribution in [0.3, 0.4) is 0 Å². The van der Waals surface area contributed by atoms with Gasteiger partial charge in [0.25, 0.3) is 0 Å². The van der Waals surface area contributed by atoms with Crippen LogP contribution in [0, 0.1) is 13.8 Å². The number of nitrogens with zero attached hydrogens (tertiary/aromatic N) is 1. The van der Waals surface area contributed by atoms with Crippen LogP contribution in [0.15, 0.2) is 140 Å². The zero-order chi connectivity index (χ0) is 76.3. The van der Waals surface area contributed by atoms with Crippen molar-refractivity contribution < 1.29 is 87.9 Å². The van der Waals surface area contributed by atoms with Crippen LogP contribution in [0.4, 0.5) is 0 Å². The largest absolute Gasteiger partial charge is 0.481 e. The Bertz CT molecular complexity index is 3990. The molecular formula is C72H88N14O18. The first-order chi connectivity index (χ1) is 49.4. The molecule has 0 aliphatic carbocycles. The molecule has 0 aliphatic heterocycles. The summed E-state index contributed by atoms with van der Waals surface area (Å²) in [5, 5.41) is 75.0. The lowest BCUT2D eigenvalue weighted by Gasteiger charge is -2.28. The third-order valence-corrected chi connectivity index (χ3v) is 16.6. The number of carboxylic acid groups (broad SMARTS) is 2. The normalized spacial score (nSPS) is 14.5. The number of benzene rings is 5. The second-order valence-electron chi connectivity index (χ2n) is 25.0. The smallest absolute Gasteiger partial charge is 0.305 e. The summed E-state index contributed by atoms with van der Waals surface area (Å²) in [7, 11) is 0. The van der Waals surface area contributed by atoms with E-state index in [-0.39, 0.29) is 25.7 Å². The molecule has 11 amide bonds. The SMILES string of the molecule is Cc1cccc(-c2ccc(C[C@H](NC(=O)[C@H](Cc3ccc(-c4ccccc4C)cc3)NC(=O)[C@H](CC(=O)O)NC(=O)[C@H](CO)NC(=O)[C@@H](NC(=O)[C@H](Cc3ccccc3)NC(=O)[C@@H](NC(=O)CNC(=O)[C@H](CCC(=O)O)NC(=O)[C@H](C)NC(=O)[C@@H](N)Cc3c[nH]cn3)[C@@H](C)O)[C@@H](C)O)C(N)=O)cc2)c1. The van der Waals surface area contributed by atoms with Crippen molar-refractivity contribution in [2.75, 3.05) is 13.2 Å². The number of hydrogen-bond donors (Lipinski definition) is 18. The number of carbonyl (C=O) groups excluding carboxylic acids is 11. The molecule has 0 saturated heterocycles. The van der Waals surface area contributed by atoms with Gasteiger partial charge in [0.2, 0.25) is 65.0 Å². The minimum absolute atomic E-state index is 0.0109. The van der Waals surface area contributed by atoms with Crippen molar-refractivity contribution in [3.63, 3.8) is 0 Å². The van der Waals surface area contributed by atoms with Crippen molar-refractivity contribution in [2.45, 2.75) is 152 Å². The molecule has 554 valence electrons. The molecule has 0 bridgehead atoms. The fourth-order valence-corrected chi connectivity index (χ4v) is 10.8. The second kappa shape index (κ2) is 39.5. The number of hydrogen-bond acceptors (Lipinski definition) is 18. The number of rotatable bonds is 39. The van der Waals surface area contributed by atoms with Crippen LogP contribution in [0.1, 0.15) is 73.5 Å². The minimum atomic E-state index is -2.04. The summed E-state index contributed by atoms with van der Waals surface area (Å²) < 4.78 is 0. The zero-order valence-corrected chi connectivity index (χ0v) is 57.7. The Morgan fingerprint density at radius 1 is 0.481 bits per heavy atom. The predicted octanol–water partition coefficient (Wildman–Crippen LogP) is -1.96. The molecule has 32 heteroatoms. The van der Waals surface area contributed by atoms with Gasteiger partial charge in [0.1, 0.15) is 54.4 Å². The molecule has 0 spiro atoms. The Labute approximate surface area is 598 Å². The van der Waals surface area contributed by atoms with E-state index in [1.165, 1.54) is 19.4 Å². The minimum Gasteiger partial charge on any atom is -0.481 e. The van der Waals surface area contributed by atoms with Crippen LogP contribution in [-0.4, -0.2) is 198 Å². The fourth-order valence-electron chi connectivity index (χ4n) is 10.8. The van der Waals surface area contributed by atoms with Crippen molar-refractivity contribution in [3.05, 3.63) is 173 Å². The molecule has 0 radical (unpaired) electrons. The van der Waals surface area contributed by atoms with Crippen LogP contribution >= 0.6 is 0 Å². The van der Waals surface area contributed by atoms with Gasteiger partial charge in [0, 0.05) is 38.3 Å². The van der Waals surface area contributed by atoms with E-state index in [0.29, 0.717) is 22.4 Å². The average molecular weight is 1440 g/mol. The number of carboxylic acids is 2. The lowest BCUT2D eigenvalue weighted by molar-refractivity contribution is -0.142. The molecule has 0 unspecified atom stereocenters. The topological polar surface area (TPSA) is 524 Å². The van der Waals surface area contributed by atoms with E-state index in [0.717, 1.165) is 47.2 Å². The highest BCUT2D eigenvalue weighted by atomic mass is 16.4. The number of aliphatic hydroxyl groups is 3. The van der Waals surface area contributed by atoms with Crippen LogP contribution in [-0.2, 0) is 88.0 Å². The molecule has 104 heavy (non-hydrogen) atoms. The summed E-state index contributed by atoms with van der Waals surface area (Å²) in [5.41, 5.74) is 19.4. The third kappa shape index (κ3) is 25.4. The van der Waals surface area contributed by atoms with Crippen molar-refractivity contribution in [2.24, 2.45) is 11.5 Å². The first kappa shape index (κ1) is 81.2. The van der Waals surface area contributed by atoms with E-state index in [2.05, 4.69) is 63.1 Å². The van der Waals surface area contributed by atoms with Gasteiger partial charge >= 0.3 is 11.9 Å². The van der Waals surface area contributed by atoms with Crippen LogP contribution in [0.25, 0.3) is 22.3 Å². The monoisotopic (exact) mass is 1440 g/mol. The quantitative estimate of drug-likeness (QED) is 0.0199. The number of imidazole rings is 1. The Balaban J connectivity index is 1.13. The molecule has 0 aliphatic rings. The summed E-state index contributed by atoms with van der Waals surface area (Å²) in [5.74, 6) is -15.0. The van der Waals surface area contributed by atoms with E-state index < -0.39 is 182 Å². The maximum Gasteiger partial charge on any atom is 0.305 e. The van der Waals surface area contributed by atoms with Gasteiger partial charge in [-0.05, 0) is 85.5 Å². The van der Waals surface area contributed by atoms with E-state index in [1.54, 1.807) is 66.7 Å². The number of aliphatic carboxylic acids is 2. The molecule has 6 aromatic rings. The molecule has 0 fully saturated rings. The Kier molecular flexibility index (Phi) is 30.8. The summed E-state index contributed by atoms with van der Waals surface area (Å²) >= 11 is 0. The Morgan fingerprint density at radius 3 is 1.55 bits per heavy atom. The highest BCUT2D eigenvalue weighted by molar-refractivity contribution is 6.00. The summed E-state index contributed by atoms with van der Waals surface area (Å²) in [6.07, 6.45) is -3.57. The van der Waals surface area contributed by atoms with Gasteiger partial charge in [-0.2, -0.15) is 0 Å². The summed E-state index contributed by atoms with van der Waals surface area (Å²) in [6, 6.07) is 20.9. The van der Waals surface area contributed by atoms with Crippen molar-refractivity contribution >= 4 is 76.9 Å². The first-order valence-corrected chi connectivity index (χ1v) is 33.2. The number of carbonyl (C=O) groups is 13. The number of aromatic amines is 1. The van der Waals surface area contributed by atoms with Crippen LogP contribution in [0.5, 0.6) is 0 Å². The molecule has 1 aromatic heterocycles. The van der Waals surface area contributed by atoms with Gasteiger partial charge < -0.3 is 95.2 Å². The van der Waals surface area contributed by atoms with Gasteiger partial charge in [-0.15, -0.1) is 0 Å². The third-order valence-electron chi connectivity index (χ3n) is 16.6. The number of nitrogens with two attached hydrogens (primary N) is 2. The maximum atomic E-state index is 14.4. The van der Waals surface area contributed by atoms with E-state index in [9.17, 15) is 87.9 Å². The van der Waals surface area contributed by atoms with Crippen LogP contribution in [0.2, 0.25) is 0 Å². The van der Waals surface area contributed by atoms with Gasteiger partial charge in [-0.25, -0.2) is 4.98 Å². The first-order valence-electron chi connectivity index (χ1n) is 33.2. The summed E-state index contributed by atoms with van der Waals surface area (Å²) in [4.78, 5) is 182. The molecule has 20 N–H and O–H groups in total. The Hall–Kier alpha value is -11.7. The van der Waals surface area contributed by atoms with Crippen molar-refractivity contribution in [1.82, 2.24) is 63.1 Å². The predicted molar refractivity (Wildman–Crippen MR) is 376 cm³/mol. The number of primary amides is 1. The summed E-state index contributed by atoms with van der Waals surface area (Å²) in [6.45, 7) is 5.14. The number of amides is 11. The van der Waals surface area contributed by atoms with E-state index in [4.69, 9.17) is 11.5 Å².